The van der Waals surface area contributed by atoms with Gasteiger partial charge in [0.05, 0.1) is 11.1 Å². The van der Waals surface area contributed by atoms with Gasteiger partial charge in [-0.15, -0.1) is 6.58 Å². The van der Waals surface area contributed by atoms with Gasteiger partial charge in [0.1, 0.15) is 6.17 Å². The molecule has 0 fully saturated rings. The van der Waals surface area contributed by atoms with Crippen molar-refractivity contribution in [2.45, 2.75) is 6.17 Å². The zero-order valence-corrected chi connectivity index (χ0v) is 13.5. The van der Waals surface area contributed by atoms with E-state index in [1.54, 1.807) is 31.3 Å². The van der Waals surface area contributed by atoms with Gasteiger partial charge >= 0.3 is 5.69 Å². The molecule has 124 valence electrons. The van der Waals surface area contributed by atoms with Gasteiger partial charge in [-0.3, -0.25) is 14.2 Å². The molecule has 1 N–H and O–H groups in total. The second-order valence-corrected chi connectivity index (χ2v) is 5.68. The van der Waals surface area contributed by atoms with Crippen molar-refractivity contribution < 1.29 is 4.79 Å². The van der Waals surface area contributed by atoms with E-state index in [-0.39, 0.29) is 12.5 Å². The first kappa shape index (κ1) is 15.8. The van der Waals surface area contributed by atoms with Crippen molar-refractivity contribution in [3.8, 4) is 0 Å². The molecule has 0 bridgehead atoms. The molecule has 0 aliphatic carbocycles. The summed E-state index contributed by atoms with van der Waals surface area (Å²) in [7, 11) is 2.99. The third-order valence-electron chi connectivity index (χ3n) is 4.12. The van der Waals surface area contributed by atoms with E-state index in [1.807, 2.05) is 6.07 Å². The maximum Gasteiger partial charge on any atom is 0.330 e. The van der Waals surface area contributed by atoms with E-state index < -0.39 is 17.4 Å². The number of carbonyl (C=O) groups is 1. The lowest BCUT2D eigenvalue weighted by molar-refractivity contribution is 0.0705. The second-order valence-electron chi connectivity index (χ2n) is 5.68. The maximum atomic E-state index is 12.8. The van der Waals surface area contributed by atoms with Crippen LogP contribution >= 0.6 is 0 Å². The lowest BCUT2D eigenvalue weighted by Gasteiger charge is -2.37. The molecular formula is C17H18N4O3. The summed E-state index contributed by atoms with van der Waals surface area (Å²) in [6.45, 7) is 3.96. The molecule has 1 amide bonds. The number of hydrogen-bond acceptors (Lipinski definition) is 4. The summed E-state index contributed by atoms with van der Waals surface area (Å²) in [6.07, 6.45) is 2.41. The number of rotatable bonds is 3. The van der Waals surface area contributed by atoms with Crippen LogP contribution in [0.15, 0.2) is 52.7 Å². The predicted molar refractivity (Wildman–Crippen MR) is 91.0 cm³/mol. The molecule has 1 aliphatic rings. The van der Waals surface area contributed by atoms with E-state index in [1.165, 1.54) is 22.7 Å². The van der Waals surface area contributed by atoms with Crippen LogP contribution in [0.1, 0.15) is 22.1 Å². The van der Waals surface area contributed by atoms with Gasteiger partial charge in [0.15, 0.2) is 0 Å². The van der Waals surface area contributed by atoms with Crippen LogP contribution in [0.3, 0.4) is 0 Å². The zero-order chi connectivity index (χ0) is 17.4. The van der Waals surface area contributed by atoms with E-state index in [0.717, 1.165) is 4.57 Å². The monoisotopic (exact) mass is 326 g/mol. The molecule has 1 atom stereocenters. The number of benzene rings is 1. The average molecular weight is 326 g/mol. The predicted octanol–water partition coefficient (Wildman–Crippen LogP) is 0.837. The molecular weight excluding hydrogens is 308 g/mol. The topological polar surface area (TPSA) is 76.3 Å². The van der Waals surface area contributed by atoms with E-state index in [0.29, 0.717) is 16.8 Å². The van der Waals surface area contributed by atoms with Gasteiger partial charge in [0.25, 0.3) is 11.5 Å². The molecule has 0 unspecified atom stereocenters. The fraction of sp³-hybridized carbons (Fsp3) is 0.235. The Kier molecular flexibility index (Phi) is 3.84. The highest BCUT2D eigenvalue weighted by Gasteiger charge is 2.34. The Bertz CT molecular complexity index is 942. The Hall–Kier alpha value is -3.09. The quantitative estimate of drug-likeness (QED) is 0.848. The van der Waals surface area contributed by atoms with Gasteiger partial charge in [0.2, 0.25) is 0 Å². The van der Waals surface area contributed by atoms with Crippen LogP contribution in [0.25, 0.3) is 0 Å². The van der Waals surface area contributed by atoms with Crippen LogP contribution < -0.4 is 16.6 Å². The number of nitrogens with one attached hydrogen (secondary N) is 1. The Morgan fingerprint density at radius 3 is 2.62 bits per heavy atom. The van der Waals surface area contributed by atoms with Crippen LogP contribution in [0.4, 0.5) is 5.69 Å². The van der Waals surface area contributed by atoms with Crippen molar-refractivity contribution in [3.05, 3.63) is 75.1 Å². The number of para-hydroxylation sites is 1. The molecule has 0 radical (unpaired) electrons. The zero-order valence-electron chi connectivity index (χ0n) is 13.5. The Morgan fingerprint density at radius 2 is 1.92 bits per heavy atom. The number of aryl methyl sites for hydroxylation is 1. The first-order valence-electron chi connectivity index (χ1n) is 7.49. The van der Waals surface area contributed by atoms with Gasteiger partial charge in [-0.05, 0) is 12.1 Å². The Balaban J connectivity index is 2.20. The lowest BCUT2D eigenvalue weighted by atomic mass is 10.0. The number of anilines is 1. The molecule has 2 heterocycles. The molecule has 7 nitrogen and oxygen atoms in total. The third kappa shape index (κ3) is 2.34. The minimum Gasteiger partial charge on any atom is -0.361 e. The van der Waals surface area contributed by atoms with Gasteiger partial charge in [0, 0.05) is 32.5 Å². The van der Waals surface area contributed by atoms with E-state index in [4.69, 9.17) is 0 Å². The molecule has 3 rings (SSSR count). The summed E-state index contributed by atoms with van der Waals surface area (Å²) in [5, 5.41) is 3.22. The first-order chi connectivity index (χ1) is 11.5. The lowest BCUT2D eigenvalue weighted by Crippen LogP contribution is -2.48. The third-order valence-corrected chi connectivity index (χ3v) is 4.12. The van der Waals surface area contributed by atoms with Gasteiger partial charge < -0.3 is 14.8 Å². The minimum absolute atomic E-state index is 0.190. The summed E-state index contributed by atoms with van der Waals surface area (Å²) in [6, 6.07) is 7.13. The molecule has 0 saturated carbocycles. The highest BCUT2D eigenvalue weighted by atomic mass is 16.2. The number of amides is 1. The molecule has 1 aromatic carbocycles. The fourth-order valence-electron chi connectivity index (χ4n) is 2.89. The summed E-state index contributed by atoms with van der Waals surface area (Å²) in [5.74, 6) is -0.190. The smallest absolute Gasteiger partial charge is 0.330 e. The van der Waals surface area contributed by atoms with Crippen molar-refractivity contribution in [3.63, 3.8) is 0 Å². The van der Waals surface area contributed by atoms with Crippen LogP contribution in [0.2, 0.25) is 0 Å². The number of carbonyl (C=O) groups excluding carboxylic acids is 1. The highest BCUT2D eigenvalue weighted by Crippen LogP contribution is 2.31. The van der Waals surface area contributed by atoms with Crippen molar-refractivity contribution in [1.82, 2.24) is 14.0 Å². The van der Waals surface area contributed by atoms with Crippen LogP contribution in [0.5, 0.6) is 0 Å². The van der Waals surface area contributed by atoms with Crippen LogP contribution in [0, 0.1) is 0 Å². The largest absolute Gasteiger partial charge is 0.361 e. The molecule has 1 aromatic heterocycles. The minimum atomic E-state index is -0.670. The average Bonchev–Trinajstić information content (AvgIpc) is 2.59. The number of fused-ring (bicyclic) bond motifs is 1. The Morgan fingerprint density at radius 1 is 1.21 bits per heavy atom. The van der Waals surface area contributed by atoms with Gasteiger partial charge in [-0.2, -0.15) is 0 Å². The van der Waals surface area contributed by atoms with Crippen molar-refractivity contribution in [1.29, 1.82) is 0 Å². The summed E-state index contributed by atoms with van der Waals surface area (Å²) < 4.78 is 2.36. The number of hydrogen-bond donors (Lipinski definition) is 1. The van der Waals surface area contributed by atoms with Crippen LogP contribution in [-0.4, -0.2) is 26.5 Å². The highest BCUT2D eigenvalue weighted by molar-refractivity contribution is 6.01. The Labute approximate surface area is 138 Å². The SMILES string of the molecule is C=CCN1C(=O)c2ccccc2N[C@H]1c1cn(C)c(=O)n(C)c1=O. The maximum absolute atomic E-state index is 12.8. The van der Waals surface area contributed by atoms with E-state index >= 15 is 0 Å². The normalized spacial score (nSPS) is 16.5. The van der Waals surface area contributed by atoms with E-state index in [2.05, 4.69) is 11.9 Å². The van der Waals surface area contributed by atoms with Crippen LogP contribution in [-0.2, 0) is 14.1 Å². The molecule has 0 saturated heterocycles. The molecule has 0 spiro atoms. The summed E-state index contributed by atoms with van der Waals surface area (Å²) >= 11 is 0. The molecule has 1 aliphatic heterocycles. The standard InChI is InChI=1S/C17H18N4O3/c1-4-9-21-14(12-10-19(2)17(24)20(3)15(12)22)18-13-8-6-5-7-11(13)16(21)23/h4-8,10,14,18H,1,9H2,2-3H3/t14-/m1/s1. The summed E-state index contributed by atoms with van der Waals surface area (Å²) in [4.78, 5) is 38.8. The van der Waals surface area contributed by atoms with Crippen molar-refractivity contribution in [2.75, 3.05) is 11.9 Å². The van der Waals surface area contributed by atoms with E-state index in [9.17, 15) is 14.4 Å². The number of aromatic nitrogens is 2. The first-order valence-corrected chi connectivity index (χ1v) is 7.49. The molecule has 7 heteroatoms. The fourth-order valence-corrected chi connectivity index (χ4v) is 2.89. The second kappa shape index (κ2) is 5.84. The van der Waals surface area contributed by atoms with Gasteiger partial charge in [-0.1, -0.05) is 18.2 Å². The molecule has 24 heavy (non-hydrogen) atoms. The molecule has 2 aromatic rings. The van der Waals surface area contributed by atoms with Gasteiger partial charge in [-0.25, -0.2) is 4.79 Å². The van der Waals surface area contributed by atoms with Crippen molar-refractivity contribution >= 4 is 11.6 Å². The number of nitrogens with zero attached hydrogens (tertiary/aromatic N) is 3. The summed E-state index contributed by atoms with van der Waals surface area (Å²) in [5.41, 5.74) is 0.670. The van der Waals surface area contributed by atoms with Crippen molar-refractivity contribution in [2.24, 2.45) is 14.1 Å².